The van der Waals surface area contributed by atoms with E-state index in [2.05, 4.69) is 0 Å². The number of Topliss-reactive ketones (excluding diaryl/α,β-unsaturated/α-hetero) is 1. The molecule has 0 aliphatic heterocycles. The Balaban J connectivity index is 1.91. The van der Waals surface area contributed by atoms with Crippen LogP contribution in [0.5, 0.6) is 0 Å². The lowest BCUT2D eigenvalue weighted by molar-refractivity contribution is -0.116. The molecule has 0 saturated carbocycles. The standard InChI is InChI=1S/C15H11Cl3OS/c16-11-2-1-3-13(8-11)20-9-12(19)6-10-4-5-14(17)15(18)7-10/h1-5,7-8H,6,9H2. The van der Waals surface area contributed by atoms with Crippen molar-refractivity contribution < 1.29 is 4.79 Å². The van der Waals surface area contributed by atoms with Gasteiger partial charge in [-0.15, -0.1) is 11.8 Å². The van der Waals surface area contributed by atoms with Crippen LogP contribution in [-0.4, -0.2) is 11.5 Å². The van der Waals surface area contributed by atoms with Crippen molar-refractivity contribution in [3.8, 4) is 0 Å². The second-order valence-corrected chi connectivity index (χ2v) is 6.51. The first-order valence-corrected chi connectivity index (χ1v) is 8.00. The lowest BCUT2D eigenvalue weighted by Crippen LogP contribution is -2.05. The third-order valence-corrected chi connectivity index (χ3v) is 4.61. The Bertz CT molecular complexity index is 628. The molecule has 0 aromatic heterocycles. The summed E-state index contributed by atoms with van der Waals surface area (Å²) in [5.41, 5.74) is 0.871. The minimum absolute atomic E-state index is 0.133. The summed E-state index contributed by atoms with van der Waals surface area (Å²) in [4.78, 5) is 12.9. The Morgan fingerprint density at radius 3 is 2.50 bits per heavy atom. The molecule has 0 heterocycles. The molecule has 0 radical (unpaired) electrons. The van der Waals surface area contributed by atoms with Gasteiger partial charge in [-0.3, -0.25) is 4.79 Å². The molecule has 0 fully saturated rings. The average Bonchev–Trinajstić information content (AvgIpc) is 2.41. The Labute approximate surface area is 137 Å². The molecule has 0 atom stereocenters. The zero-order valence-corrected chi connectivity index (χ0v) is 13.5. The first-order valence-electron chi connectivity index (χ1n) is 5.88. The molecule has 2 aromatic carbocycles. The molecule has 0 unspecified atom stereocenters. The molecule has 20 heavy (non-hydrogen) atoms. The third kappa shape index (κ3) is 4.71. The van der Waals surface area contributed by atoms with Crippen LogP contribution >= 0.6 is 46.6 Å². The van der Waals surface area contributed by atoms with E-state index in [0.717, 1.165) is 10.5 Å². The first kappa shape index (κ1) is 15.7. The number of ketones is 1. The van der Waals surface area contributed by atoms with Crippen LogP contribution in [0, 0.1) is 0 Å². The highest BCUT2D eigenvalue weighted by atomic mass is 35.5. The molecule has 0 amide bonds. The quantitative estimate of drug-likeness (QED) is 0.661. The molecular formula is C15H11Cl3OS. The van der Waals surface area contributed by atoms with Crippen LogP contribution in [-0.2, 0) is 11.2 Å². The molecule has 2 aromatic rings. The van der Waals surface area contributed by atoms with Gasteiger partial charge in [0.2, 0.25) is 0 Å². The van der Waals surface area contributed by atoms with E-state index in [0.29, 0.717) is 27.2 Å². The van der Waals surface area contributed by atoms with Crippen LogP contribution in [0.25, 0.3) is 0 Å². The zero-order valence-electron chi connectivity index (χ0n) is 10.4. The van der Waals surface area contributed by atoms with Crippen LogP contribution in [0.15, 0.2) is 47.4 Å². The lowest BCUT2D eigenvalue weighted by atomic mass is 10.1. The number of thioether (sulfide) groups is 1. The molecular weight excluding hydrogens is 335 g/mol. The third-order valence-electron chi connectivity index (χ3n) is 2.58. The summed E-state index contributed by atoms with van der Waals surface area (Å²) < 4.78 is 0. The van der Waals surface area contributed by atoms with Gasteiger partial charge < -0.3 is 0 Å². The van der Waals surface area contributed by atoms with Gasteiger partial charge in [-0.1, -0.05) is 46.9 Å². The van der Waals surface area contributed by atoms with Gasteiger partial charge in [-0.2, -0.15) is 0 Å². The van der Waals surface area contributed by atoms with Crippen LogP contribution in [0.1, 0.15) is 5.56 Å². The number of hydrogen-bond donors (Lipinski definition) is 0. The summed E-state index contributed by atoms with van der Waals surface area (Å²) in [7, 11) is 0. The minimum Gasteiger partial charge on any atom is -0.298 e. The molecule has 104 valence electrons. The fourth-order valence-electron chi connectivity index (χ4n) is 1.65. The molecule has 1 nitrogen and oxygen atoms in total. The van der Waals surface area contributed by atoms with Crippen LogP contribution in [0.3, 0.4) is 0 Å². The summed E-state index contributed by atoms with van der Waals surface area (Å²) in [6, 6.07) is 12.7. The SMILES string of the molecule is O=C(CSc1cccc(Cl)c1)Cc1ccc(Cl)c(Cl)c1. The van der Waals surface area contributed by atoms with E-state index in [1.54, 1.807) is 12.1 Å². The topological polar surface area (TPSA) is 17.1 Å². The number of halogens is 3. The van der Waals surface area contributed by atoms with Gasteiger partial charge >= 0.3 is 0 Å². The maximum Gasteiger partial charge on any atom is 0.147 e. The molecule has 0 saturated heterocycles. The van der Waals surface area contributed by atoms with Crippen molar-refractivity contribution in [1.29, 1.82) is 0 Å². The number of carbonyl (C=O) groups excluding carboxylic acids is 1. The zero-order chi connectivity index (χ0) is 14.5. The van der Waals surface area contributed by atoms with Crippen molar-refractivity contribution in [2.45, 2.75) is 11.3 Å². The summed E-state index contributed by atoms with van der Waals surface area (Å²) in [6.07, 6.45) is 0.352. The normalized spacial score (nSPS) is 10.6. The van der Waals surface area contributed by atoms with Crippen molar-refractivity contribution in [2.24, 2.45) is 0 Å². The van der Waals surface area contributed by atoms with Gasteiger partial charge in [-0.05, 0) is 35.9 Å². The number of rotatable bonds is 5. The van der Waals surface area contributed by atoms with Gasteiger partial charge in [0, 0.05) is 16.3 Å². The summed E-state index contributed by atoms with van der Waals surface area (Å²) >= 11 is 19.1. The number of hydrogen-bond acceptors (Lipinski definition) is 2. The van der Waals surface area contributed by atoms with E-state index in [9.17, 15) is 4.79 Å². The van der Waals surface area contributed by atoms with Crippen LogP contribution in [0.4, 0.5) is 0 Å². The van der Waals surface area contributed by atoms with Gasteiger partial charge in [0.15, 0.2) is 0 Å². The van der Waals surface area contributed by atoms with E-state index >= 15 is 0 Å². The van der Waals surface area contributed by atoms with Crippen molar-refractivity contribution in [3.05, 3.63) is 63.1 Å². The predicted molar refractivity (Wildman–Crippen MR) is 87.3 cm³/mol. The monoisotopic (exact) mass is 344 g/mol. The van der Waals surface area contributed by atoms with E-state index < -0.39 is 0 Å². The number of carbonyl (C=O) groups is 1. The molecule has 0 aliphatic carbocycles. The molecule has 2 rings (SSSR count). The Hall–Kier alpha value is -0.670. The van der Waals surface area contributed by atoms with Crippen molar-refractivity contribution in [2.75, 3.05) is 5.75 Å². The Kier molecular flexibility index (Phi) is 5.79. The van der Waals surface area contributed by atoms with E-state index in [4.69, 9.17) is 34.8 Å². The number of benzene rings is 2. The summed E-state index contributed by atoms with van der Waals surface area (Å²) in [6.45, 7) is 0. The first-order chi connectivity index (χ1) is 9.54. The fourth-order valence-corrected chi connectivity index (χ4v) is 3.04. The van der Waals surface area contributed by atoms with Crippen LogP contribution in [0.2, 0.25) is 15.1 Å². The minimum atomic E-state index is 0.133. The fraction of sp³-hybridized carbons (Fsp3) is 0.133. The Morgan fingerprint density at radius 1 is 1.00 bits per heavy atom. The van der Waals surface area contributed by atoms with E-state index in [1.807, 2.05) is 30.3 Å². The summed E-state index contributed by atoms with van der Waals surface area (Å²) in [5.74, 6) is 0.536. The van der Waals surface area contributed by atoms with Gasteiger partial charge in [0.1, 0.15) is 5.78 Å². The molecule has 5 heteroatoms. The highest BCUT2D eigenvalue weighted by Crippen LogP contribution is 2.24. The molecule has 0 aliphatic rings. The second-order valence-electron chi connectivity index (χ2n) is 4.21. The van der Waals surface area contributed by atoms with Gasteiger partial charge in [-0.25, -0.2) is 0 Å². The lowest BCUT2D eigenvalue weighted by Gasteiger charge is -2.04. The highest BCUT2D eigenvalue weighted by Gasteiger charge is 2.07. The maximum atomic E-state index is 11.9. The predicted octanol–water partition coefficient (Wildman–Crippen LogP) is 5.55. The van der Waals surface area contributed by atoms with Gasteiger partial charge in [0.25, 0.3) is 0 Å². The van der Waals surface area contributed by atoms with Crippen LogP contribution < -0.4 is 0 Å². The highest BCUT2D eigenvalue weighted by molar-refractivity contribution is 8.00. The van der Waals surface area contributed by atoms with Gasteiger partial charge in [0.05, 0.1) is 15.8 Å². The van der Waals surface area contributed by atoms with Crippen molar-refractivity contribution >= 4 is 52.3 Å². The smallest absolute Gasteiger partial charge is 0.147 e. The van der Waals surface area contributed by atoms with Crippen molar-refractivity contribution in [1.82, 2.24) is 0 Å². The molecule has 0 N–H and O–H groups in total. The molecule has 0 bridgehead atoms. The van der Waals surface area contributed by atoms with E-state index in [1.165, 1.54) is 11.8 Å². The van der Waals surface area contributed by atoms with Crippen molar-refractivity contribution in [3.63, 3.8) is 0 Å². The average molecular weight is 346 g/mol. The van der Waals surface area contributed by atoms with E-state index in [-0.39, 0.29) is 5.78 Å². The maximum absolute atomic E-state index is 11.9. The Morgan fingerprint density at radius 2 is 1.80 bits per heavy atom. The largest absolute Gasteiger partial charge is 0.298 e. The summed E-state index contributed by atoms with van der Waals surface area (Å²) in [5, 5.41) is 1.64. The molecule has 0 spiro atoms. The second kappa shape index (κ2) is 7.37.